The minimum Gasteiger partial charge on any atom is -0.377 e. The van der Waals surface area contributed by atoms with Gasteiger partial charge in [-0.15, -0.1) is 0 Å². The SMILES string of the molecule is CCCNC1CCC(C)CC1OCC. The topological polar surface area (TPSA) is 21.3 Å². The van der Waals surface area contributed by atoms with Gasteiger partial charge in [0.05, 0.1) is 6.10 Å². The predicted molar refractivity (Wildman–Crippen MR) is 60.5 cm³/mol. The first-order valence-corrected chi connectivity index (χ1v) is 6.12. The monoisotopic (exact) mass is 199 g/mol. The molecule has 0 aromatic carbocycles. The molecule has 1 saturated carbocycles. The van der Waals surface area contributed by atoms with Crippen LogP contribution < -0.4 is 5.32 Å². The van der Waals surface area contributed by atoms with E-state index in [1.54, 1.807) is 0 Å². The van der Waals surface area contributed by atoms with Crippen LogP contribution in [-0.2, 0) is 4.74 Å². The summed E-state index contributed by atoms with van der Waals surface area (Å²) >= 11 is 0. The molecule has 1 N–H and O–H groups in total. The molecular formula is C12H25NO. The summed E-state index contributed by atoms with van der Waals surface area (Å²) in [6.45, 7) is 8.62. The second-order valence-electron chi connectivity index (χ2n) is 4.47. The van der Waals surface area contributed by atoms with Gasteiger partial charge in [0.1, 0.15) is 0 Å². The zero-order valence-corrected chi connectivity index (χ0v) is 9.88. The molecular weight excluding hydrogens is 174 g/mol. The smallest absolute Gasteiger partial charge is 0.0730 e. The van der Waals surface area contributed by atoms with Crippen molar-refractivity contribution < 1.29 is 4.74 Å². The molecule has 0 aliphatic heterocycles. The molecule has 3 unspecified atom stereocenters. The summed E-state index contributed by atoms with van der Waals surface area (Å²) in [5, 5.41) is 3.60. The Bertz CT molecular complexity index is 147. The normalized spacial score (nSPS) is 33.2. The molecule has 0 bridgehead atoms. The van der Waals surface area contributed by atoms with E-state index in [1.807, 2.05) is 0 Å². The van der Waals surface area contributed by atoms with Crippen molar-refractivity contribution in [2.45, 2.75) is 58.6 Å². The molecule has 2 nitrogen and oxygen atoms in total. The molecule has 0 spiro atoms. The van der Waals surface area contributed by atoms with Crippen molar-refractivity contribution in [2.75, 3.05) is 13.2 Å². The quantitative estimate of drug-likeness (QED) is 0.735. The van der Waals surface area contributed by atoms with Crippen molar-refractivity contribution in [3.05, 3.63) is 0 Å². The highest BCUT2D eigenvalue weighted by molar-refractivity contribution is 4.84. The third-order valence-corrected chi connectivity index (χ3v) is 3.09. The highest BCUT2D eigenvalue weighted by Gasteiger charge is 2.28. The third kappa shape index (κ3) is 3.58. The maximum Gasteiger partial charge on any atom is 0.0730 e. The number of hydrogen-bond donors (Lipinski definition) is 1. The molecule has 0 aromatic rings. The Balaban J connectivity index is 2.36. The van der Waals surface area contributed by atoms with Gasteiger partial charge in [0.2, 0.25) is 0 Å². The second-order valence-corrected chi connectivity index (χ2v) is 4.47. The molecule has 84 valence electrons. The molecule has 1 rings (SSSR count). The Kier molecular flexibility index (Phi) is 5.49. The van der Waals surface area contributed by atoms with Crippen LogP contribution in [0.15, 0.2) is 0 Å². The molecule has 14 heavy (non-hydrogen) atoms. The molecule has 2 heteroatoms. The molecule has 0 heterocycles. The lowest BCUT2D eigenvalue weighted by atomic mass is 9.85. The number of nitrogens with one attached hydrogen (secondary N) is 1. The fourth-order valence-corrected chi connectivity index (χ4v) is 2.29. The van der Waals surface area contributed by atoms with Crippen molar-refractivity contribution in [3.8, 4) is 0 Å². The van der Waals surface area contributed by atoms with Crippen molar-refractivity contribution in [1.29, 1.82) is 0 Å². The Hall–Kier alpha value is -0.0800. The summed E-state index contributed by atoms with van der Waals surface area (Å²) in [5.41, 5.74) is 0. The molecule has 1 aliphatic rings. The van der Waals surface area contributed by atoms with Gasteiger partial charge in [-0.05, 0) is 45.1 Å². The lowest BCUT2D eigenvalue weighted by molar-refractivity contribution is -0.000902. The van der Waals surface area contributed by atoms with Crippen molar-refractivity contribution in [2.24, 2.45) is 5.92 Å². The maximum absolute atomic E-state index is 5.80. The van der Waals surface area contributed by atoms with E-state index in [1.165, 1.54) is 25.7 Å². The summed E-state index contributed by atoms with van der Waals surface area (Å²) < 4.78 is 5.80. The van der Waals surface area contributed by atoms with Gasteiger partial charge in [0, 0.05) is 12.6 Å². The van der Waals surface area contributed by atoms with E-state index >= 15 is 0 Å². The molecule has 0 aromatic heterocycles. The number of rotatable bonds is 5. The minimum absolute atomic E-state index is 0.454. The zero-order chi connectivity index (χ0) is 10.4. The second kappa shape index (κ2) is 6.41. The van der Waals surface area contributed by atoms with Crippen LogP contribution in [0.3, 0.4) is 0 Å². The van der Waals surface area contributed by atoms with E-state index in [9.17, 15) is 0 Å². The van der Waals surface area contributed by atoms with Crippen molar-refractivity contribution >= 4 is 0 Å². The van der Waals surface area contributed by atoms with Crippen LogP contribution in [0.2, 0.25) is 0 Å². The molecule has 1 aliphatic carbocycles. The average Bonchev–Trinajstić information content (AvgIpc) is 2.17. The van der Waals surface area contributed by atoms with Gasteiger partial charge < -0.3 is 10.1 Å². The average molecular weight is 199 g/mol. The fraction of sp³-hybridized carbons (Fsp3) is 1.00. The summed E-state index contributed by atoms with van der Waals surface area (Å²) in [6.07, 6.45) is 5.53. The zero-order valence-electron chi connectivity index (χ0n) is 9.88. The van der Waals surface area contributed by atoms with E-state index in [0.717, 1.165) is 19.1 Å². The molecule has 0 amide bonds. The van der Waals surface area contributed by atoms with Crippen LogP contribution in [0.25, 0.3) is 0 Å². The molecule has 3 atom stereocenters. The van der Waals surface area contributed by atoms with Crippen LogP contribution >= 0.6 is 0 Å². The van der Waals surface area contributed by atoms with Gasteiger partial charge in [0.25, 0.3) is 0 Å². The van der Waals surface area contributed by atoms with Crippen LogP contribution in [-0.4, -0.2) is 25.3 Å². The van der Waals surface area contributed by atoms with Gasteiger partial charge in [-0.2, -0.15) is 0 Å². The Morgan fingerprint density at radius 3 is 2.71 bits per heavy atom. The summed E-state index contributed by atoms with van der Waals surface area (Å²) in [5.74, 6) is 0.839. The highest BCUT2D eigenvalue weighted by Crippen LogP contribution is 2.26. The van der Waals surface area contributed by atoms with E-state index in [-0.39, 0.29) is 0 Å². The lowest BCUT2D eigenvalue weighted by Crippen LogP contribution is -2.45. The first-order chi connectivity index (χ1) is 6.77. The molecule has 0 radical (unpaired) electrons. The summed E-state index contributed by atoms with van der Waals surface area (Å²) in [7, 11) is 0. The van der Waals surface area contributed by atoms with Gasteiger partial charge in [-0.3, -0.25) is 0 Å². The fourth-order valence-electron chi connectivity index (χ4n) is 2.29. The van der Waals surface area contributed by atoms with Crippen molar-refractivity contribution in [3.63, 3.8) is 0 Å². The van der Waals surface area contributed by atoms with E-state index < -0.39 is 0 Å². The highest BCUT2D eigenvalue weighted by atomic mass is 16.5. The van der Waals surface area contributed by atoms with Gasteiger partial charge in [0.15, 0.2) is 0 Å². The Labute approximate surface area is 88.4 Å². The Morgan fingerprint density at radius 1 is 1.29 bits per heavy atom. The van der Waals surface area contributed by atoms with Gasteiger partial charge >= 0.3 is 0 Å². The minimum atomic E-state index is 0.454. The first kappa shape index (κ1) is 12.0. The van der Waals surface area contributed by atoms with Gasteiger partial charge in [-0.25, -0.2) is 0 Å². The number of ether oxygens (including phenoxy) is 1. The summed E-state index contributed by atoms with van der Waals surface area (Å²) in [4.78, 5) is 0. The van der Waals surface area contributed by atoms with Crippen LogP contribution in [0, 0.1) is 5.92 Å². The van der Waals surface area contributed by atoms with E-state index in [2.05, 4.69) is 26.1 Å². The van der Waals surface area contributed by atoms with E-state index in [0.29, 0.717) is 12.1 Å². The largest absolute Gasteiger partial charge is 0.377 e. The van der Waals surface area contributed by atoms with Gasteiger partial charge in [-0.1, -0.05) is 13.8 Å². The van der Waals surface area contributed by atoms with Crippen LogP contribution in [0.5, 0.6) is 0 Å². The number of hydrogen-bond acceptors (Lipinski definition) is 2. The van der Waals surface area contributed by atoms with Crippen LogP contribution in [0.4, 0.5) is 0 Å². The molecule has 1 fully saturated rings. The molecule has 0 saturated heterocycles. The standard InChI is InChI=1S/C12H25NO/c1-4-8-13-11-7-6-10(3)9-12(11)14-5-2/h10-13H,4-9H2,1-3H3. The predicted octanol–water partition coefficient (Wildman–Crippen LogP) is 2.58. The Morgan fingerprint density at radius 2 is 2.07 bits per heavy atom. The lowest BCUT2D eigenvalue weighted by Gasteiger charge is -2.35. The first-order valence-electron chi connectivity index (χ1n) is 6.12. The van der Waals surface area contributed by atoms with Crippen molar-refractivity contribution in [1.82, 2.24) is 5.32 Å². The van der Waals surface area contributed by atoms with Crippen LogP contribution in [0.1, 0.15) is 46.5 Å². The maximum atomic E-state index is 5.80. The third-order valence-electron chi connectivity index (χ3n) is 3.09. The van der Waals surface area contributed by atoms with E-state index in [4.69, 9.17) is 4.74 Å². The summed E-state index contributed by atoms with van der Waals surface area (Å²) in [6, 6.07) is 0.603.